The Morgan fingerprint density at radius 1 is 1.65 bits per heavy atom. The Kier molecular flexibility index (Phi) is 5.48. The number of nitrogens with zero attached hydrogens (tertiary/aromatic N) is 1. The zero-order valence-electron chi connectivity index (χ0n) is 10.3. The number of nitrogens with one attached hydrogen (secondary N) is 2. The van der Waals surface area contributed by atoms with Gasteiger partial charge in [0.2, 0.25) is 0 Å². The molecule has 17 heavy (non-hydrogen) atoms. The summed E-state index contributed by atoms with van der Waals surface area (Å²) < 4.78 is 5.40. The van der Waals surface area contributed by atoms with Crippen molar-refractivity contribution < 1.29 is 9.53 Å². The van der Waals surface area contributed by atoms with Crippen LogP contribution in [0.1, 0.15) is 30.8 Å². The first-order valence-corrected chi connectivity index (χ1v) is 5.76. The average molecular weight is 240 g/mol. The van der Waals surface area contributed by atoms with E-state index in [1.165, 1.54) is 6.20 Å². The first-order chi connectivity index (χ1) is 8.11. The van der Waals surface area contributed by atoms with Gasteiger partial charge in [0.1, 0.15) is 5.69 Å². The highest BCUT2D eigenvalue weighted by molar-refractivity contribution is 5.96. The van der Waals surface area contributed by atoms with Crippen LogP contribution in [0.4, 0.5) is 5.69 Å². The third kappa shape index (κ3) is 4.86. The lowest BCUT2D eigenvalue weighted by Gasteiger charge is -2.07. The van der Waals surface area contributed by atoms with E-state index in [1.54, 1.807) is 0 Å². The van der Waals surface area contributed by atoms with Crippen molar-refractivity contribution in [2.75, 3.05) is 25.5 Å². The van der Waals surface area contributed by atoms with E-state index in [4.69, 9.17) is 10.5 Å². The van der Waals surface area contributed by atoms with Crippen LogP contribution in [-0.2, 0) is 4.74 Å². The number of ether oxygens (including phenoxy) is 1. The molecule has 0 atom stereocenters. The first-order valence-electron chi connectivity index (χ1n) is 5.76. The van der Waals surface area contributed by atoms with Crippen molar-refractivity contribution in [3.8, 4) is 0 Å². The highest BCUT2D eigenvalue weighted by Crippen LogP contribution is 2.04. The van der Waals surface area contributed by atoms with E-state index >= 15 is 0 Å². The molecule has 0 bridgehead atoms. The predicted molar refractivity (Wildman–Crippen MR) is 65.6 cm³/mol. The fourth-order valence-electron chi connectivity index (χ4n) is 1.26. The summed E-state index contributed by atoms with van der Waals surface area (Å²) in [5, 5.41) is 8.98. The van der Waals surface area contributed by atoms with Gasteiger partial charge in [-0.15, -0.1) is 0 Å². The standard InChI is InChI=1S/C11H20N4O2/c1-8(2)7-17-5-3-4-13-11(16)10-9(12)6-14-15-10/h6,8H,3-5,7,12H2,1-2H3,(H,13,16)(H,14,15). The fraction of sp³-hybridized carbons (Fsp3) is 0.636. The summed E-state index contributed by atoms with van der Waals surface area (Å²) in [5.41, 5.74) is 6.22. The maximum atomic E-state index is 11.6. The Morgan fingerprint density at radius 2 is 2.41 bits per heavy atom. The molecule has 1 aromatic heterocycles. The van der Waals surface area contributed by atoms with Crippen molar-refractivity contribution in [1.29, 1.82) is 0 Å². The van der Waals surface area contributed by atoms with Gasteiger partial charge in [0, 0.05) is 19.8 Å². The van der Waals surface area contributed by atoms with E-state index in [-0.39, 0.29) is 5.91 Å². The van der Waals surface area contributed by atoms with Crippen molar-refractivity contribution in [2.45, 2.75) is 20.3 Å². The van der Waals surface area contributed by atoms with Crippen LogP contribution in [0.5, 0.6) is 0 Å². The second-order valence-corrected chi connectivity index (χ2v) is 4.28. The van der Waals surface area contributed by atoms with Gasteiger partial charge in [-0.3, -0.25) is 9.89 Å². The van der Waals surface area contributed by atoms with Gasteiger partial charge in [-0.25, -0.2) is 0 Å². The molecule has 0 aromatic carbocycles. The van der Waals surface area contributed by atoms with Crippen molar-refractivity contribution in [1.82, 2.24) is 15.5 Å². The van der Waals surface area contributed by atoms with Crippen molar-refractivity contribution in [3.63, 3.8) is 0 Å². The Balaban J connectivity index is 2.11. The van der Waals surface area contributed by atoms with Crippen LogP contribution < -0.4 is 11.1 Å². The van der Waals surface area contributed by atoms with Crippen LogP contribution in [-0.4, -0.2) is 35.9 Å². The molecule has 1 amide bonds. The fourth-order valence-corrected chi connectivity index (χ4v) is 1.26. The molecule has 4 N–H and O–H groups in total. The molecule has 0 radical (unpaired) electrons. The molecule has 0 saturated heterocycles. The van der Waals surface area contributed by atoms with Crippen LogP contribution in [0.3, 0.4) is 0 Å². The van der Waals surface area contributed by atoms with E-state index < -0.39 is 0 Å². The number of nitrogens with two attached hydrogens (primary N) is 1. The summed E-state index contributed by atoms with van der Waals surface area (Å²) in [5.74, 6) is 0.304. The van der Waals surface area contributed by atoms with Crippen molar-refractivity contribution in [2.24, 2.45) is 5.92 Å². The zero-order valence-corrected chi connectivity index (χ0v) is 10.3. The number of hydrogen-bond donors (Lipinski definition) is 3. The second kappa shape index (κ2) is 6.90. The molecular formula is C11H20N4O2. The number of H-pyrrole nitrogens is 1. The molecule has 1 heterocycles. The Bertz CT molecular complexity index is 349. The van der Waals surface area contributed by atoms with Gasteiger partial charge in [0.15, 0.2) is 0 Å². The largest absolute Gasteiger partial charge is 0.396 e. The monoisotopic (exact) mass is 240 g/mol. The van der Waals surface area contributed by atoms with Gasteiger partial charge < -0.3 is 15.8 Å². The number of aromatic amines is 1. The quantitative estimate of drug-likeness (QED) is 0.614. The van der Waals surface area contributed by atoms with Gasteiger partial charge in [-0.1, -0.05) is 13.8 Å². The predicted octanol–water partition coefficient (Wildman–Crippen LogP) is 0.784. The molecular weight excluding hydrogens is 220 g/mol. The second-order valence-electron chi connectivity index (χ2n) is 4.28. The first kappa shape index (κ1) is 13.5. The summed E-state index contributed by atoms with van der Waals surface area (Å²) in [7, 11) is 0. The van der Waals surface area contributed by atoms with Gasteiger partial charge in [-0.05, 0) is 12.3 Å². The Hall–Kier alpha value is -1.56. The summed E-state index contributed by atoms with van der Waals surface area (Å²) in [6.07, 6.45) is 2.20. The summed E-state index contributed by atoms with van der Waals surface area (Å²) in [6.45, 7) is 6.17. The van der Waals surface area contributed by atoms with Crippen molar-refractivity contribution in [3.05, 3.63) is 11.9 Å². The molecule has 96 valence electrons. The van der Waals surface area contributed by atoms with Gasteiger partial charge in [0.25, 0.3) is 5.91 Å². The molecule has 0 saturated carbocycles. The molecule has 0 aliphatic rings. The minimum absolute atomic E-state index is 0.233. The van der Waals surface area contributed by atoms with Crippen LogP contribution in [0.25, 0.3) is 0 Å². The third-order valence-electron chi connectivity index (χ3n) is 2.10. The maximum Gasteiger partial charge on any atom is 0.271 e. The number of hydrogen-bond acceptors (Lipinski definition) is 4. The summed E-state index contributed by atoms with van der Waals surface area (Å²) >= 11 is 0. The van der Waals surface area contributed by atoms with Crippen LogP contribution in [0.15, 0.2) is 6.20 Å². The number of aromatic nitrogens is 2. The minimum Gasteiger partial charge on any atom is -0.396 e. The molecule has 0 unspecified atom stereocenters. The lowest BCUT2D eigenvalue weighted by molar-refractivity contribution is 0.0921. The molecule has 6 heteroatoms. The Labute approximate surface area is 101 Å². The Morgan fingerprint density at radius 3 is 3.00 bits per heavy atom. The van der Waals surface area contributed by atoms with E-state index in [1.807, 2.05) is 0 Å². The van der Waals surface area contributed by atoms with Gasteiger partial charge in [-0.2, -0.15) is 5.10 Å². The molecule has 0 aliphatic carbocycles. The molecule has 1 aromatic rings. The van der Waals surface area contributed by atoms with Crippen LogP contribution >= 0.6 is 0 Å². The lowest BCUT2D eigenvalue weighted by Crippen LogP contribution is -2.26. The number of anilines is 1. The third-order valence-corrected chi connectivity index (χ3v) is 2.10. The normalized spacial score (nSPS) is 10.8. The topological polar surface area (TPSA) is 93.0 Å². The minimum atomic E-state index is -0.233. The summed E-state index contributed by atoms with van der Waals surface area (Å²) in [4.78, 5) is 11.6. The number of amides is 1. The van der Waals surface area contributed by atoms with E-state index in [9.17, 15) is 4.79 Å². The molecule has 0 fully saturated rings. The number of carbonyl (C=O) groups excluding carboxylic acids is 1. The molecule has 0 aliphatic heterocycles. The molecule has 0 spiro atoms. The number of carbonyl (C=O) groups is 1. The SMILES string of the molecule is CC(C)COCCCNC(=O)c1[nH]ncc1N. The van der Waals surface area contributed by atoms with Crippen LogP contribution in [0.2, 0.25) is 0 Å². The highest BCUT2D eigenvalue weighted by atomic mass is 16.5. The number of nitrogen functional groups attached to an aromatic ring is 1. The summed E-state index contributed by atoms with van der Waals surface area (Å²) in [6, 6.07) is 0. The van der Waals surface area contributed by atoms with E-state index in [0.29, 0.717) is 30.5 Å². The van der Waals surface area contributed by atoms with Crippen molar-refractivity contribution >= 4 is 11.6 Å². The van der Waals surface area contributed by atoms with E-state index in [2.05, 4.69) is 29.4 Å². The molecule has 1 rings (SSSR count). The smallest absolute Gasteiger partial charge is 0.271 e. The maximum absolute atomic E-state index is 11.6. The molecule has 6 nitrogen and oxygen atoms in total. The zero-order chi connectivity index (χ0) is 12.7. The van der Waals surface area contributed by atoms with E-state index in [0.717, 1.165) is 13.0 Å². The highest BCUT2D eigenvalue weighted by Gasteiger charge is 2.10. The number of rotatable bonds is 7. The van der Waals surface area contributed by atoms with Gasteiger partial charge >= 0.3 is 0 Å². The average Bonchev–Trinajstić information content (AvgIpc) is 2.69. The lowest BCUT2D eigenvalue weighted by atomic mass is 10.2. The van der Waals surface area contributed by atoms with Gasteiger partial charge in [0.05, 0.1) is 11.9 Å². The van der Waals surface area contributed by atoms with Crippen LogP contribution in [0, 0.1) is 5.92 Å².